The molecule has 132 valence electrons. The molecule has 7 nitrogen and oxygen atoms in total. The van der Waals surface area contributed by atoms with Crippen molar-refractivity contribution < 1.29 is 19.5 Å². The third kappa shape index (κ3) is 2.76. The van der Waals surface area contributed by atoms with Gasteiger partial charge in [-0.25, -0.2) is 4.79 Å². The molecule has 1 saturated heterocycles. The molecule has 1 aromatic rings. The van der Waals surface area contributed by atoms with Gasteiger partial charge in [-0.1, -0.05) is 6.92 Å². The molecule has 2 amide bonds. The molecule has 0 aromatic heterocycles. The predicted octanol–water partition coefficient (Wildman–Crippen LogP) is 1.65. The van der Waals surface area contributed by atoms with Gasteiger partial charge in [0.15, 0.2) is 0 Å². The molecule has 25 heavy (non-hydrogen) atoms. The van der Waals surface area contributed by atoms with Crippen LogP contribution in [0.1, 0.15) is 20.3 Å². The van der Waals surface area contributed by atoms with Gasteiger partial charge in [-0.3, -0.25) is 19.4 Å². The first-order valence-electron chi connectivity index (χ1n) is 7.92. The molecule has 1 unspecified atom stereocenters. The van der Waals surface area contributed by atoms with Crippen LogP contribution in [0.2, 0.25) is 0 Å². The minimum atomic E-state index is -1.10. The summed E-state index contributed by atoms with van der Waals surface area (Å²) < 4.78 is 0. The van der Waals surface area contributed by atoms with Crippen LogP contribution >= 0.6 is 11.8 Å². The SMILES string of the molecule is CCC1=C(C(=O)O)N2C(=O)C(N(C(C)=O)c3ccc(N)cc3)[C@@H]2SC1. The van der Waals surface area contributed by atoms with Crippen LogP contribution in [0.3, 0.4) is 0 Å². The number of nitrogen functional groups attached to an aromatic ring is 1. The Bertz CT molecular complexity index is 775. The summed E-state index contributed by atoms with van der Waals surface area (Å²) in [4.78, 5) is 39.3. The number of thioether (sulfide) groups is 1. The number of carboxylic acids is 1. The summed E-state index contributed by atoms with van der Waals surface area (Å²) in [7, 11) is 0. The lowest BCUT2D eigenvalue weighted by Crippen LogP contribution is -2.71. The van der Waals surface area contributed by atoms with E-state index in [0.29, 0.717) is 23.5 Å². The first kappa shape index (κ1) is 17.3. The summed E-state index contributed by atoms with van der Waals surface area (Å²) in [6.45, 7) is 3.27. The number of rotatable bonds is 4. The van der Waals surface area contributed by atoms with Crippen molar-refractivity contribution >= 4 is 40.9 Å². The standard InChI is InChI=1S/C17H19N3O4S/c1-3-10-8-25-16-14(15(22)20(16)13(10)17(23)24)19(9(2)21)12-6-4-11(18)5-7-12/h4-7,14,16H,3,8,18H2,1-2H3,(H,23,24)/t14?,16-/m0/s1. The normalized spacial score (nSPS) is 22.3. The number of aliphatic carboxylic acids is 1. The van der Waals surface area contributed by atoms with Crippen LogP contribution in [-0.2, 0) is 14.4 Å². The number of nitrogens with zero attached hydrogens (tertiary/aromatic N) is 2. The van der Waals surface area contributed by atoms with Gasteiger partial charge in [-0.05, 0) is 36.3 Å². The van der Waals surface area contributed by atoms with E-state index in [9.17, 15) is 19.5 Å². The minimum Gasteiger partial charge on any atom is -0.477 e. The van der Waals surface area contributed by atoms with E-state index < -0.39 is 17.4 Å². The Kier molecular flexibility index (Phi) is 4.47. The van der Waals surface area contributed by atoms with Gasteiger partial charge >= 0.3 is 5.97 Å². The highest BCUT2D eigenvalue weighted by Gasteiger charge is 2.56. The molecule has 0 spiro atoms. The van der Waals surface area contributed by atoms with Crippen molar-refractivity contribution in [2.75, 3.05) is 16.4 Å². The third-order valence-corrected chi connectivity index (χ3v) is 5.76. The zero-order valence-electron chi connectivity index (χ0n) is 13.9. The fraction of sp³-hybridized carbons (Fsp3) is 0.353. The van der Waals surface area contributed by atoms with Gasteiger partial charge in [0.25, 0.3) is 5.91 Å². The van der Waals surface area contributed by atoms with Gasteiger partial charge in [0.05, 0.1) is 0 Å². The summed E-state index contributed by atoms with van der Waals surface area (Å²) in [5, 5.41) is 9.11. The second-order valence-corrected chi connectivity index (χ2v) is 7.05. The topological polar surface area (TPSA) is 104 Å². The fourth-order valence-corrected chi connectivity index (χ4v) is 4.70. The highest BCUT2D eigenvalue weighted by molar-refractivity contribution is 8.00. The van der Waals surface area contributed by atoms with Crippen LogP contribution in [-0.4, -0.2) is 45.0 Å². The molecule has 1 aromatic carbocycles. The van der Waals surface area contributed by atoms with Crippen molar-refractivity contribution in [1.82, 2.24) is 4.90 Å². The number of carbonyl (C=O) groups excluding carboxylic acids is 2. The molecule has 0 aliphatic carbocycles. The van der Waals surface area contributed by atoms with Gasteiger partial charge in [-0.15, -0.1) is 11.8 Å². The van der Waals surface area contributed by atoms with Crippen LogP contribution in [0.5, 0.6) is 0 Å². The third-order valence-electron chi connectivity index (χ3n) is 4.44. The summed E-state index contributed by atoms with van der Waals surface area (Å²) in [5.74, 6) is -1.20. The summed E-state index contributed by atoms with van der Waals surface area (Å²) in [6.07, 6.45) is 0.574. The Labute approximate surface area is 149 Å². The molecule has 1 fully saturated rings. The average molecular weight is 361 g/mol. The Hall–Kier alpha value is -2.48. The Morgan fingerprint density at radius 3 is 2.52 bits per heavy atom. The fourth-order valence-electron chi connectivity index (χ4n) is 3.21. The molecular weight excluding hydrogens is 342 g/mol. The Balaban J connectivity index is 1.96. The van der Waals surface area contributed by atoms with Crippen LogP contribution in [0.4, 0.5) is 11.4 Å². The maximum absolute atomic E-state index is 12.8. The molecule has 2 heterocycles. The number of nitrogens with two attached hydrogens (primary N) is 1. The van der Waals surface area contributed by atoms with Gasteiger partial charge in [-0.2, -0.15) is 0 Å². The number of anilines is 2. The van der Waals surface area contributed by atoms with Crippen molar-refractivity contribution in [2.45, 2.75) is 31.7 Å². The number of amides is 2. The van der Waals surface area contributed by atoms with Crippen molar-refractivity contribution in [3.8, 4) is 0 Å². The quantitative estimate of drug-likeness (QED) is 0.624. The van der Waals surface area contributed by atoms with Crippen molar-refractivity contribution in [3.63, 3.8) is 0 Å². The summed E-state index contributed by atoms with van der Waals surface area (Å²) >= 11 is 1.49. The van der Waals surface area contributed by atoms with Gasteiger partial charge in [0, 0.05) is 24.1 Å². The van der Waals surface area contributed by atoms with E-state index in [1.165, 1.54) is 28.5 Å². The monoisotopic (exact) mass is 361 g/mol. The second kappa shape index (κ2) is 6.44. The molecule has 3 N–H and O–H groups in total. The van der Waals surface area contributed by atoms with Crippen LogP contribution in [0.25, 0.3) is 0 Å². The van der Waals surface area contributed by atoms with Crippen molar-refractivity contribution in [3.05, 3.63) is 35.5 Å². The zero-order valence-corrected chi connectivity index (χ0v) is 14.7. The number of carboxylic acid groups (broad SMARTS) is 1. The van der Waals surface area contributed by atoms with Gasteiger partial charge in [0.1, 0.15) is 17.1 Å². The van der Waals surface area contributed by atoms with Crippen LogP contribution < -0.4 is 10.6 Å². The smallest absolute Gasteiger partial charge is 0.352 e. The molecule has 2 atom stereocenters. The van der Waals surface area contributed by atoms with Crippen molar-refractivity contribution in [2.24, 2.45) is 0 Å². The van der Waals surface area contributed by atoms with Gasteiger partial charge < -0.3 is 10.8 Å². The molecule has 2 aliphatic heterocycles. The minimum absolute atomic E-state index is 0.0632. The maximum Gasteiger partial charge on any atom is 0.352 e. The van der Waals surface area contributed by atoms with E-state index in [0.717, 1.165) is 5.57 Å². The summed E-state index contributed by atoms with van der Waals surface area (Å²) in [5.41, 5.74) is 7.62. The number of fused-ring (bicyclic) bond motifs is 1. The maximum atomic E-state index is 12.8. The lowest BCUT2D eigenvalue weighted by atomic mass is 9.99. The molecule has 2 aliphatic rings. The molecule has 3 rings (SSSR count). The van der Waals surface area contributed by atoms with Crippen molar-refractivity contribution in [1.29, 1.82) is 0 Å². The van der Waals surface area contributed by atoms with Crippen LogP contribution in [0.15, 0.2) is 35.5 Å². The van der Waals surface area contributed by atoms with E-state index >= 15 is 0 Å². The van der Waals surface area contributed by atoms with E-state index in [2.05, 4.69) is 0 Å². The zero-order chi connectivity index (χ0) is 18.3. The predicted molar refractivity (Wildman–Crippen MR) is 95.8 cm³/mol. The first-order chi connectivity index (χ1) is 11.9. The number of β-lactam (4-membered cyclic amide) rings is 1. The van der Waals surface area contributed by atoms with E-state index in [1.54, 1.807) is 24.3 Å². The van der Waals surface area contributed by atoms with E-state index in [-0.39, 0.29) is 17.5 Å². The van der Waals surface area contributed by atoms with Crippen LogP contribution in [0, 0.1) is 0 Å². The Morgan fingerprint density at radius 2 is 2.00 bits per heavy atom. The largest absolute Gasteiger partial charge is 0.477 e. The lowest BCUT2D eigenvalue weighted by molar-refractivity contribution is -0.149. The van der Waals surface area contributed by atoms with E-state index in [1.807, 2.05) is 6.92 Å². The highest BCUT2D eigenvalue weighted by atomic mass is 32.2. The highest BCUT2D eigenvalue weighted by Crippen LogP contribution is 2.44. The Morgan fingerprint density at radius 1 is 1.36 bits per heavy atom. The molecule has 0 saturated carbocycles. The average Bonchev–Trinajstić information content (AvgIpc) is 2.58. The number of carbonyl (C=O) groups is 3. The molecule has 8 heteroatoms. The number of hydrogen-bond acceptors (Lipinski definition) is 5. The number of benzene rings is 1. The first-order valence-corrected chi connectivity index (χ1v) is 8.97. The van der Waals surface area contributed by atoms with E-state index in [4.69, 9.17) is 5.73 Å². The van der Waals surface area contributed by atoms with Gasteiger partial charge in [0.2, 0.25) is 5.91 Å². The summed E-state index contributed by atoms with van der Waals surface area (Å²) in [6, 6.07) is 5.99. The number of hydrogen-bond donors (Lipinski definition) is 2. The lowest BCUT2D eigenvalue weighted by Gasteiger charge is -2.52. The second-order valence-electron chi connectivity index (χ2n) is 5.95. The molecule has 0 bridgehead atoms. The molecule has 0 radical (unpaired) electrons. The molecular formula is C17H19N3O4S.